The molecule has 0 amide bonds. The van der Waals surface area contributed by atoms with E-state index in [9.17, 15) is 13.0 Å². The fourth-order valence-electron chi connectivity index (χ4n) is 1.84. The van der Waals surface area contributed by atoms with Gasteiger partial charge in [0.25, 0.3) is 10.1 Å². The first-order chi connectivity index (χ1) is 7.36. The summed E-state index contributed by atoms with van der Waals surface area (Å²) in [4.78, 5) is -1.80. The van der Waals surface area contributed by atoms with Crippen molar-refractivity contribution in [1.82, 2.24) is 0 Å². The van der Waals surface area contributed by atoms with Gasteiger partial charge >= 0.3 is 0 Å². The first-order valence-electron chi connectivity index (χ1n) is 4.68. The summed E-state index contributed by atoms with van der Waals surface area (Å²) in [6.45, 7) is 0. The van der Waals surface area contributed by atoms with Crippen LogP contribution in [0.2, 0.25) is 0 Å². The summed E-state index contributed by atoms with van der Waals surface area (Å²) in [5, 5.41) is 0. The maximum absolute atomic E-state index is 11.3. The normalized spacial score (nSPS) is 24.1. The molecule has 1 aliphatic carbocycles. The van der Waals surface area contributed by atoms with Crippen molar-refractivity contribution in [2.45, 2.75) is 11.3 Å². The van der Waals surface area contributed by atoms with E-state index in [0.29, 0.717) is 16.8 Å². The van der Waals surface area contributed by atoms with Gasteiger partial charge in [-0.1, -0.05) is 24.3 Å². The van der Waals surface area contributed by atoms with Gasteiger partial charge in [-0.25, -0.2) is 0 Å². The smallest absolute Gasteiger partial charge is 0.288 e. The lowest BCUT2D eigenvalue weighted by Crippen LogP contribution is -2.45. The van der Waals surface area contributed by atoms with Gasteiger partial charge in [-0.3, -0.25) is 4.55 Å². The van der Waals surface area contributed by atoms with Crippen LogP contribution in [0.5, 0.6) is 0 Å². The minimum atomic E-state index is -4.38. The van der Waals surface area contributed by atoms with Crippen molar-refractivity contribution in [3.8, 4) is 0 Å². The molecule has 16 heavy (non-hydrogen) atoms. The minimum absolute atomic E-state index is 0.0300. The maximum atomic E-state index is 11.3. The average Bonchev–Trinajstić information content (AvgIpc) is 2.18. The van der Waals surface area contributed by atoms with Crippen molar-refractivity contribution >= 4 is 21.9 Å². The predicted molar refractivity (Wildman–Crippen MR) is 61.9 cm³/mol. The number of benzene rings is 1. The number of nitrogen functional groups attached to an aromatic ring is 1. The van der Waals surface area contributed by atoms with E-state index >= 15 is 0 Å². The molecule has 0 bridgehead atoms. The fraction of sp³-hybridized carbons (Fsp3) is 0.200. The zero-order chi connectivity index (χ0) is 12.0. The van der Waals surface area contributed by atoms with E-state index in [1.165, 1.54) is 0 Å². The molecule has 0 saturated carbocycles. The van der Waals surface area contributed by atoms with Gasteiger partial charge in [0, 0.05) is 17.7 Å². The van der Waals surface area contributed by atoms with Gasteiger partial charge in [-0.15, -0.1) is 0 Å². The largest absolute Gasteiger partial charge is 0.398 e. The van der Waals surface area contributed by atoms with E-state index < -0.39 is 15.0 Å². The lowest BCUT2D eigenvalue weighted by molar-refractivity contribution is 0.428. The molecule has 0 radical (unpaired) electrons. The number of fused-ring (bicyclic) bond motifs is 1. The molecule has 0 aliphatic heterocycles. The molecule has 5 nitrogen and oxygen atoms in total. The molecule has 0 fully saturated rings. The fourth-order valence-corrected chi connectivity index (χ4v) is 2.61. The molecule has 1 atom stereocenters. The average molecular weight is 240 g/mol. The number of rotatable bonds is 1. The Morgan fingerprint density at radius 3 is 2.69 bits per heavy atom. The van der Waals surface area contributed by atoms with Gasteiger partial charge in [-0.2, -0.15) is 8.42 Å². The molecule has 0 aromatic heterocycles. The lowest BCUT2D eigenvalue weighted by atomic mass is 9.91. The number of hydrogen-bond acceptors (Lipinski definition) is 4. The summed E-state index contributed by atoms with van der Waals surface area (Å²) in [6, 6.07) is 4.82. The highest BCUT2D eigenvalue weighted by molar-refractivity contribution is 7.86. The van der Waals surface area contributed by atoms with Crippen molar-refractivity contribution in [2.75, 3.05) is 5.73 Å². The Labute approximate surface area is 93.5 Å². The molecule has 1 aromatic carbocycles. The topological polar surface area (TPSA) is 106 Å². The molecule has 1 aliphatic rings. The molecule has 0 heterocycles. The molecule has 1 aromatic rings. The second-order valence-corrected chi connectivity index (χ2v) is 5.46. The van der Waals surface area contributed by atoms with E-state index in [0.717, 1.165) is 0 Å². The second kappa shape index (κ2) is 3.31. The highest BCUT2D eigenvalue weighted by atomic mass is 32.2. The third-order valence-electron chi connectivity index (χ3n) is 2.76. The molecule has 0 saturated heterocycles. The predicted octanol–water partition coefficient (Wildman–Crippen LogP) is 0.685. The Hall–Kier alpha value is -1.37. The SMILES string of the molecule is Nc1cccc2c1C=CCC2(N)S(=O)(=O)O. The number of hydrogen-bond donors (Lipinski definition) is 3. The highest BCUT2D eigenvalue weighted by Gasteiger charge is 2.42. The summed E-state index contributed by atoms with van der Waals surface area (Å²) in [5.41, 5.74) is 12.8. The molecule has 86 valence electrons. The summed E-state index contributed by atoms with van der Waals surface area (Å²) in [6.07, 6.45) is 3.33. The Bertz CT molecular complexity index is 565. The van der Waals surface area contributed by atoms with Gasteiger partial charge in [0.05, 0.1) is 0 Å². The first-order valence-corrected chi connectivity index (χ1v) is 6.12. The van der Waals surface area contributed by atoms with Crippen LogP contribution in [0.4, 0.5) is 5.69 Å². The first kappa shape index (κ1) is 11.1. The van der Waals surface area contributed by atoms with Crippen LogP contribution < -0.4 is 11.5 Å². The van der Waals surface area contributed by atoms with Crippen LogP contribution in [0.15, 0.2) is 24.3 Å². The number of anilines is 1. The van der Waals surface area contributed by atoms with Crippen LogP contribution in [-0.4, -0.2) is 13.0 Å². The standard InChI is InChI=1S/C10H12N2O3S/c11-9-5-1-4-8-7(9)3-2-6-10(8,12)16(13,14)15/h1-5H,6,11-12H2,(H,13,14,15). The van der Waals surface area contributed by atoms with Crippen molar-refractivity contribution in [3.05, 3.63) is 35.4 Å². The Morgan fingerprint density at radius 2 is 2.06 bits per heavy atom. The van der Waals surface area contributed by atoms with Crippen molar-refractivity contribution < 1.29 is 13.0 Å². The van der Waals surface area contributed by atoms with Crippen LogP contribution in [-0.2, 0) is 15.0 Å². The third kappa shape index (κ3) is 1.42. The van der Waals surface area contributed by atoms with E-state index in [2.05, 4.69) is 0 Å². The summed E-state index contributed by atoms with van der Waals surface area (Å²) >= 11 is 0. The monoisotopic (exact) mass is 240 g/mol. The van der Waals surface area contributed by atoms with Gasteiger partial charge in [-0.05, 0) is 11.6 Å². The molecular formula is C10H12N2O3S. The Balaban J connectivity index is 2.76. The maximum Gasteiger partial charge on any atom is 0.288 e. The van der Waals surface area contributed by atoms with Crippen molar-refractivity contribution in [3.63, 3.8) is 0 Å². The van der Waals surface area contributed by atoms with Gasteiger partial charge < -0.3 is 11.5 Å². The van der Waals surface area contributed by atoms with Gasteiger partial charge in [0.1, 0.15) is 0 Å². The van der Waals surface area contributed by atoms with Gasteiger partial charge in [0.15, 0.2) is 4.87 Å². The minimum Gasteiger partial charge on any atom is -0.398 e. The van der Waals surface area contributed by atoms with E-state index in [1.807, 2.05) is 0 Å². The third-order valence-corrected chi connectivity index (χ3v) is 4.07. The lowest BCUT2D eigenvalue weighted by Gasteiger charge is -2.30. The quantitative estimate of drug-likeness (QED) is 0.494. The molecule has 2 rings (SSSR count). The van der Waals surface area contributed by atoms with Crippen LogP contribution in [0.3, 0.4) is 0 Å². The second-order valence-electron chi connectivity index (χ2n) is 3.78. The van der Waals surface area contributed by atoms with Crippen LogP contribution in [0.1, 0.15) is 17.5 Å². The van der Waals surface area contributed by atoms with E-state index in [1.54, 1.807) is 30.4 Å². The highest BCUT2D eigenvalue weighted by Crippen LogP contribution is 2.37. The zero-order valence-electron chi connectivity index (χ0n) is 8.42. The summed E-state index contributed by atoms with van der Waals surface area (Å²) in [5.74, 6) is 0. The van der Waals surface area contributed by atoms with E-state index in [4.69, 9.17) is 11.5 Å². The molecule has 1 unspecified atom stereocenters. The molecule has 6 heteroatoms. The molecule has 5 N–H and O–H groups in total. The Morgan fingerprint density at radius 1 is 1.38 bits per heavy atom. The summed E-state index contributed by atoms with van der Waals surface area (Å²) < 4.78 is 31.9. The molecular weight excluding hydrogens is 228 g/mol. The van der Waals surface area contributed by atoms with Crippen LogP contribution in [0, 0.1) is 0 Å². The van der Waals surface area contributed by atoms with Crippen LogP contribution >= 0.6 is 0 Å². The van der Waals surface area contributed by atoms with Gasteiger partial charge in [0.2, 0.25) is 0 Å². The number of nitrogens with two attached hydrogens (primary N) is 2. The zero-order valence-corrected chi connectivity index (χ0v) is 9.24. The van der Waals surface area contributed by atoms with Crippen molar-refractivity contribution in [2.24, 2.45) is 5.73 Å². The summed E-state index contributed by atoms with van der Waals surface area (Å²) in [7, 11) is -4.38. The van der Waals surface area contributed by atoms with Crippen LogP contribution in [0.25, 0.3) is 6.08 Å². The Kier molecular flexibility index (Phi) is 2.30. The van der Waals surface area contributed by atoms with E-state index in [-0.39, 0.29) is 6.42 Å². The van der Waals surface area contributed by atoms with Crippen molar-refractivity contribution in [1.29, 1.82) is 0 Å². The molecule has 0 spiro atoms.